The molecule has 1 aliphatic carbocycles. The van der Waals surface area contributed by atoms with Gasteiger partial charge in [0.1, 0.15) is 6.29 Å². The number of hydrogen-bond donors (Lipinski definition) is 0. The molecule has 1 aliphatic rings. The average molecular weight is 316 g/mol. The van der Waals surface area contributed by atoms with Crippen molar-refractivity contribution in [2.75, 3.05) is 7.11 Å². The molecule has 0 saturated carbocycles. The van der Waals surface area contributed by atoms with Crippen molar-refractivity contribution in [1.82, 2.24) is 0 Å². The number of ether oxygens (including phenoxy) is 1. The Labute approximate surface area is 142 Å². The Kier molecular flexibility index (Phi) is 7.70. The highest BCUT2D eigenvalue weighted by Crippen LogP contribution is 2.40. The summed E-state index contributed by atoms with van der Waals surface area (Å²) in [7, 11) is 1.71. The van der Waals surface area contributed by atoms with Crippen molar-refractivity contribution < 1.29 is 9.53 Å². The van der Waals surface area contributed by atoms with Crippen LogP contribution in [0, 0.1) is 5.41 Å². The summed E-state index contributed by atoms with van der Waals surface area (Å²) in [4.78, 5) is 10.5. The maximum absolute atomic E-state index is 10.5. The largest absolute Gasteiger partial charge is 0.377 e. The monoisotopic (exact) mass is 316 g/mol. The molecule has 0 aromatic heterocycles. The summed E-state index contributed by atoms with van der Waals surface area (Å²) in [6.07, 6.45) is 13.5. The first-order valence-electron chi connectivity index (χ1n) is 8.50. The lowest BCUT2D eigenvalue weighted by molar-refractivity contribution is -0.104. The van der Waals surface area contributed by atoms with Crippen LogP contribution in [0.15, 0.2) is 46.6 Å². The highest BCUT2D eigenvalue weighted by atomic mass is 16.5. The number of carbonyl (C=O) groups excluding carboxylic acids is 1. The molecule has 23 heavy (non-hydrogen) atoms. The quantitative estimate of drug-likeness (QED) is 0.349. The van der Waals surface area contributed by atoms with E-state index in [0.29, 0.717) is 0 Å². The van der Waals surface area contributed by atoms with Crippen molar-refractivity contribution in [3.05, 3.63) is 46.6 Å². The van der Waals surface area contributed by atoms with E-state index in [1.54, 1.807) is 13.2 Å². The number of carbonyl (C=O) groups is 1. The third kappa shape index (κ3) is 6.31. The fourth-order valence-corrected chi connectivity index (χ4v) is 3.29. The van der Waals surface area contributed by atoms with Crippen LogP contribution in [-0.4, -0.2) is 19.5 Å². The van der Waals surface area contributed by atoms with E-state index in [-0.39, 0.29) is 11.5 Å². The molecule has 2 heteroatoms. The van der Waals surface area contributed by atoms with Crippen LogP contribution in [0.3, 0.4) is 0 Å². The van der Waals surface area contributed by atoms with Gasteiger partial charge in [-0.2, -0.15) is 0 Å². The van der Waals surface area contributed by atoms with E-state index in [2.05, 4.69) is 45.9 Å². The first-order valence-corrected chi connectivity index (χ1v) is 8.50. The molecule has 0 heterocycles. The second-order valence-corrected chi connectivity index (χ2v) is 7.30. The van der Waals surface area contributed by atoms with E-state index in [4.69, 9.17) is 4.74 Å². The van der Waals surface area contributed by atoms with E-state index in [9.17, 15) is 4.79 Å². The molecule has 128 valence electrons. The summed E-state index contributed by atoms with van der Waals surface area (Å²) in [5.74, 6) is 0. The molecule has 1 atom stereocenters. The van der Waals surface area contributed by atoms with Crippen LogP contribution in [0.25, 0.3) is 0 Å². The van der Waals surface area contributed by atoms with Crippen molar-refractivity contribution >= 4 is 6.29 Å². The Morgan fingerprint density at radius 1 is 1.35 bits per heavy atom. The van der Waals surface area contributed by atoms with Gasteiger partial charge in [-0.15, -0.1) is 0 Å². The Hall–Kier alpha value is -1.41. The Morgan fingerprint density at radius 3 is 2.61 bits per heavy atom. The molecular weight excluding hydrogens is 284 g/mol. The minimum atomic E-state index is 0.00490. The molecule has 0 saturated heterocycles. The lowest BCUT2D eigenvalue weighted by Gasteiger charge is -2.33. The second kappa shape index (κ2) is 9.02. The highest BCUT2D eigenvalue weighted by molar-refractivity contribution is 5.65. The third-order valence-electron chi connectivity index (χ3n) is 4.68. The molecule has 0 spiro atoms. The zero-order valence-corrected chi connectivity index (χ0v) is 15.6. The van der Waals surface area contributed by atoms with Gasteiger partial charge in [0.15, 0.2) is 0 Å². The van der Waals surface area contributed by atoms with E-state index in [1.165, 1.54) is 36.0 Å². The summed E-state index contributed by atoms with van der Waals surface area (Å²) in [6.45, 7) is 11.0. The molecule has 0 aliphatic heterocycles. The summed E-state index contributed by atoms with van der Waals surface area (Å²) in [5.41, 5.74) is 5.48. The second-order valence-electron chi connectivity index (χ2n) is 7.30. The predicted octanol–water partition coefficient (Wildman–Crippen LogP) is 5.57. The van der Waals surface area contributed by atoms with E-state index in [0.717, 1.165) is 18.3 Å². The van der Waals surface area contributed by atoms with Crippen LogP contribution in [0.4, 0.5) is 0 Å². The van der Waals surface area contributed by atoms with Gasteiger partial charge in [0.2, 0.25) is 0 Å². The van der Waals surface area contributed by atoms with Crippen LogP contribution in [0.1, 0.15) is 60.3 Å². The number of rotatable bonds is 7. The molecule has 1 rings (SSSR count). The van der Waals surface area contributed by atoms with Crippen molar-refractivity contribution in [1.29, 1.82) is 0 Å². The zero-order chi connectivity index (χ0) is 17.5. The molecule has 0 aromatic carbocycles. The zero-order valence-electron chi connectivity index (χ0n) is 15.6. The van der Waals surface area contributed by atoms with Crippen LogP contribution in [0.5, 0.6) is 0 Å². The van der Waals surface area contributed by atoms with Gasteiger partial charge in [0, 0.05) is 7.11 Å². The van der Waals surface area contributed by atoms with Gasteiger partial charge < -0.3 is 4.74 Å². The first kappa shape index (κ1) is 19.6. The van der Waals surface area contributed by atoms with Gasteiger partial charge in [-0.3, -0.25) is 4.79 Å². The first-order chi connectivity index (χ1) is 10.8. The van der Waals surface area contributed by atoms with Crippen molar-refractivity contribution in [3.63, 3.8) is 0 Å². The van der Waals surface area contributed by atoms with Crippen LogP contribution in [-0.2, 0) is 9.53 Å². The minimum Gasteiger partial charge on any atom is -0.377 e. The fraction of sp³-hybridized carbons (Fsp3) is 0.571. The molecule has 0 bridgehead atoms. The smallest absolute Gasteiger partial charge is 0.142 e. The van der Waals surface area contributed by atoms with E-state index in [1.807, 2.05) is 6.92 Å². The van der Waals surface area contributed by atoms with E-state index >= 15 is 0 Å². The van der Waals surface area contributed by atoms with Crippen molar-refractivity contribution in [2.24, 2.45) is 5.41 Å². The Balaban J connectivity index is 2.85. The third-order valence-corrected chi connectivity index (χ3v) is 4.68. The number of allylic oxidation sites excluding steroid dienone is 6. The van der Waals surface area contributed by atoms with Crippen molar-refractivity contribution in [2.45, 2.75) is 66.4 Å². The molecule has 0 fully saturated rings. The minimum absolute atomic E-state index is 0.00490. The molecule has 0 radical (unpaired) electrons. The van der Waals surface area contributed by atoms with Crippen LogP contribution >= 0.6 is 0 Å². The number of aldehydes is 1. The maximum atomic E-state index is 10.5. The standard InChI is InChI=1S/C21H32O2/c1-16(14-19(23-6)15-17(2)11-13-22)9-10-20-18(3)8-7-12-21(20,4)5/h9-11,13-14,19H,7-8,12,15H2,1-6H3. The fourth-order valence-electron chi connectivity index (χ4n) is 3.29. The summed E-state index contributed by atoms with van der Waals surface area (Å²) < 4.78 is 5.51. The lowest BCUT2D eigenvalue weighted by Crippen LogP contribution is -2.19. The summed E-state index contributed by atoms with van der Waals surface area (Å²) >= 11 is 0. The normalized spacial score (nSPS) is 21.0. The summed E-state index contributed by atoms with van der Waals surface area (Å²) in [6, 6.07) is 0. The molecule has 1 unspecified atom stereocenters. The average Bonchev–Trinajstić information content (AvgIpc) is 2.45. The maximum Gasteiger partial charge on any atom is 0.142 e. The van der Waals surface area contributed by atoms with Crippen LogP contribution < -0.4 is 0 Å². The topological polar surface area (TPSA) is 26.3 Å². The lowest BCUT2D eigenvalue weighted by atomic mass is 9.72. The molecule has 0 N–H and O–H groups in total. The van der Waals surface area contributed by atoms with Gasteiger partial charge in [-0.25, -0.2) is 0 Å². The van der Waals surface area contributed by atoms with Gasteiger partial charge in [0.05, 0.1) is 6.10 Å². The number of methoxy groups -OCH3 is 1. The van der Waals surface area contributed by atoms with Gasteiger partial charge in [-0.1, -0.05) is 48.8 Å². The SMILES string of the molecule is COC(C=C(C)C=CC1=C(C)CCCC1(C)C)CC(C)=CC=O. The molecule has 0 amide bonds. The van der Waals surface area contributed by atoms with Crippen LogP contribution in [0.2, 0.25) is 0 Å². The molecule has 2 nitrogen and oxygen atoms in total. The van der Waals surface area contributed by atoms with E-state index < -0.39 is 0 Å². The molecular formula is C21H32O2. The van der Waals surface area contributed by atoms with Gasteiger partial charge in [0.25, 0.3) is 0 Å². The number of hydrogen-bond acceptors (Lipinski definition) is 2. The summed E-state index contributed by atoms with van der Waals surface area (Å²) in [5, 5.41) is 0. The Morgan fingerprint density at radius 2 is 2.04 bits per heavy atom. The van der Waals surface area contributed by atoms with Gasteiger partial charge >= 0.3 is 0 Å². The van der Waals surface area contributed by atoms with Gasteiger partial charge in [-0.05, 0) is 63.5 Å². The van der Waals surface area contributed by atoms with Crippen molar-refractivity contribution in [3.8, 4) is 0 Å². The Bertz CT molecular complexity index is 530. The highest BCUT2D eigenvalue weighted by Gasteiger charge is 2.26. The predicted molar refractivity (Wildman–Crippen MR) is 98.5 cm³/mol. The molecule has 0 aromatic rings.